The van der Waals surface area contributed by atoms with Gasteiger partial charge in [-0.05, 0) is 44.2 Å². The standard InChI is InChI=1S/C24H18O2/c25-23-18-11-3-1-9-16(18)17-10-2-4-12-19(17)24(26)21-14-6-8-15-7-5-13-20(23)22(15)21/h1-14,23-26H. The van der Waals surface area contributed by atoms with E-state index >= 15 is 0 Å². The zero-order valence-corrected chi connectivity index (χ0v) is 14.1. The van der Waals surface area contributed by atoms with Crippen LogP contribution >= 0.6 is 0 Å². The first-order chi connectivity index (χ1) is 12.8. The van der Waals surface area contributed by atoms with Gasteiger partial charge in [-0.1, -0.05) is 84.9 Å². The van der Waals surface area contributed by atoms with Crippen LogP contribution < -0.4 is 0 Å². The molecule has 1 aliphatic carbocycles. The fourth-order valence-electron chi connectivity index (χ4n) is 4.15. The van der Waals surface area contributed by atoms with Crippen molar-refractivity contribution in [1.29, 1.82) is 0 Å². The Morgan fingerprint density at radius 1 is 0.462 bits per heavy atom. The number of hydrogen-bond donors (Lipinski definition) is 2. The number of aliphatic hydroxyl groups is 2. The molecule has 0 radical (unpaired) electrons. The maximum atomic E-state index is 11.3. The van der Waals surface area contributed by atoms with Gasteiger partial charge in [0, 0.05) is 0 Å². The molecule has 2 atom stereocenters. The zero-order chi connectivity index (χ0) is 17.7. The third-order valence-corrected chi connectivity index (χ3v) is 5.36. The van der Waals surface area contributed by atoms with Crippen LogP contribution in [0.5, 0.6) is 0 Å². The van der Waals surface area contributed by atoms with E-state index < -0.39 is 12.2 Å². The molecule has 4 aromatic rings. The quantitative estimate of drug-likeness (QED) is 0.474. The fraction of sp³-hybridized carbons (Fsp3) is 0.0833. The molecule has 5 rings (SSSR count). The molecule has 0 fully saturated rings. The van der Waals surface area contributed by atoms with Gasteiger partial charge in [0.1, 0.15) is 12.2 Å². The van der Waals surface area contributed by atoms with Gasteiger partial charge < -0.3 is 10.2 Å². The van der Waals surface area contributed by atoms with E-state index in [9.17, 15) is 10.2 Å². The molecule has 4 aromatic carbocycles. The molecule has 0 amide bonds. The van der Waals surface area contributed by atoms with Gasteiger partial charge in [0.15, 0.2) is 0 Å². The van der Waals surface area contributed by atoms with E-state index in [1.54, 1.807) is 0 Å². The number of fused-ring (bicyclic) bond motifs is 3. The molecule has 0 saturated carbocycles. The van der Waals surface area contributed by atoms with Gasteiger partial charge in [0.2, 0.25) is 0 Å². The fourth-order valence-corrected chi connectivity index (χ4v) is 4.15. The third-order valence-electron chi connectivity index (χ3n) is 5.36. The van der Waals surface area contributed by atoms with Crippen molar-refractivity contribution in [2.75, 3.05) is 0 Å². The van der Waals surface area contributed by atoms with Crippen molar-refractivity contribution in [3.8, 4) is 11.1 Å². The molecule has 2 unspecified atom stereocenters. The topological polar surface area (TPSA) is 40.5 Å². The molecule has 0 aromatic heterocycles. The summed E-state index contributed by atoms with van der Waals surface area (Å²) < 4.78 is 0. The molecule has 0 aliphatic heterocycles. The minimum atomic E-state index is -0.755. The molecule has 2 N–H and O–H groups in total. The monoisotopic (exact) mass is 338 g/mol. The Balaban J connectivity index is 1.98. The van der Waals surface area contributed by atoms with Crippen LogP contribution in [-0.4, -0.2) is 10.2 Å². The van der Waals surface area contributed by atoms with Gasteiger partial charge in [-0.2, -0.15) is 0 Å². The average molecular weight is 338 g/mol. The molecule has 2 nitrogen and oxygen atoms in total. The lowest BCUT2D eigenvalue weighted by atomic mass is 9.90. The summed E-state index contributed by atoms with van der Waals surface area (Å²) >= 11 is 0. The number of aliphatic hydroxyl groups excluding tert-OH is 2. The molecule has 2 heteroatoms. The van der Waals surface area contributed by atoms with Crippen molar-refractivity contribution >= 4 is 10.8 Å². The molecule has 0 spiro atoms. The maximum absolute atomic E-state index is 11.3. The molecule has 26 heavy (non-hydrogen) atoms. The number of benzene rings is 4. The first kappa shape index (κ1) is 15.3. The van der Waals surface area contributed by atoms with Crippen molar-refractivity contribution in [2.45, 2.75) is 12.2 Å². The third kappa shape index (κ3) is 2.13. The van der Waals surface area contributed by atoms with E-state index in [4.69, 9.17) is 0 Å². The van der Waals surface area contributed by atoms with E-state index in [2.05, 4.69) is 0 Å². The lowest BCUT2D eigenvalue weighted by molar-refractivity contribution is 0.219. The van der Waals surface area contributed by atoms with Gasteiger partial charge in [-0.15, -0.1) is 0 Å². The second kappa shape index (κ2) is 5.80. The Hall–Kier alpha value is -2.94. The highest BCUT2D eigenvalue weighted by Crippen LogP contribution is 2.43. The van der Waals surface area contributed by atoms with Crippen molar-refractivity contribution in [1.82, 2.24) is 0 Å². The van der Waals surface area contributed by atoms with Gasteiger partial charge in [0.05, 0.1) is 0 Å². The Bertz CT molecular complexity index is 1040. The van der Waals surface area contributed by atoms with Gasteiger partial charge in [-0.25, -0.2) is 0 Å². The zero-order valence-electron chi connectivity index (χ0n) is 14.1. The summed E-state index contributed by atoms with van der Waals surface area (Å²) in [6.07, 6.45) is -1.51. The van der Waals surface area contributed by atoms with E-state index in [0.29, 0.717) is 0 Å². The Morgan fingerprint density at radius 3 is 1.38 bits per heavy atom. The average Bonchev–Trinajstić information content (AvgIpc) is 2.74. The van der Waals surface area contributed by atoms with Crippen molar-refractivity contribution in [3.05, 3.63) is 107 Å². The van der Waals surface area contributed by atoms with Crippen LogP contribution in [0.25, 0.3) is 21.9 Å². The van der Waals surface area contributed by atoms with Gasteiger partial charge in [0.25, 0.3) is 0 Å². The molecule has 0 bridgehead atoms. The van der Waals surface area contributed by atoms with Crippen LogP contribution in [0.3, 0.4) is 0 Å². The van der Waals surface area contributed by atoms with Crippen molar-refractivity contribution in [3.63, 3.8) is 0 Å². The normalized spacial score (nSPS) is 18.4. The Labute approximate surface area is 152 Å². The molecule has 0 saturated heterocycles. The van der Waals surface area contributed by atoms with Crippen LogP contribution in [0, 0.1) is 0 Å². The Morgan fingerprint density at radius 2 is 0.885 bits per heavy atom. The Kier molecular flexibility index (Phi) is 3.42. The lowest BCUT2D eigenvalue weighted by Gasteiger charge is -2.18. The smallest absolute Gasteiger partial charge is 0.105 e. The van der Waals surface area contributed by atoms with Crippen LogP contribution in [0.2, 0.25) is 0 Å². The van der Waals surface area contributed by atoms with Crippen LogP contribution in [-0.2, 0) is 0 Å². The van der Waals surface area contributed by atoms with Crippen molar-refractivity contribution < 1.29 is 10.2 Å². The minimum absolute atomic E-state index is 0.755. The summed E-state index contributed by atoms with van der Waals surface area (Å²) in [5, 5.41) is 24.5. The minimum Gasteiger partial charge on any atom is -0.384 e. The van der Waals surface area contributed by atoms with Gasteiger partial charge in [-0.3, -0.25) is 0 Å². The molecular weight excluding hydrogens is 320 g/mol. The summed E-state index contributed by atoms with van der Waals surface area (Å²) in [6, 6.07) is 27.7. The second-order valence-corrected chi connectivity index (χ2v) is 6.77. The SMILES string of the molecule is OC1c2ccccc2-c2ccccc2C(O)c2cccc3cccc1c23. The molecular formula is C24H18O2. The van der Waals surface area contributed by atoms with E-state index in [0.717, 1.165) is 44.2 Å². The maximum Gasteiger partial charge on any atom is 0.105 e. The summed E-state index contributed by atoms with van der Waals surface area (Å²) in [5.41, 5.74) is 5.29. The first-order valence-electron chi connectivity index (χ1n) is 8.81. The van der Waals surface area contributed by atoms with E-state index in [-0.39, 0.29) is 0 Å². The predicted molar refractivity (Wildman–Crippen MR) is 104 cm³/mol. The van der Waals surface area contributed by atoms with Crippen molar-refractivity contribution in [2.24, 2.45) is 0 Å². The molecule has 1 aliphatic rings. The second-order valence-electron chi connectivity index (χ2n) is 6.77. The molecule has 126 valence electrons. The highest BCUT2D eigenvalue weighted by molar-refractivity contribution is 5.91. The summed E-state index contributed by atoms with van der Waals surface area (Å²) in [6.45, 7) is 0. The van der Waals surface area contributed by atoms with Crippen LogP contribution in [0.15, 0.2) is 84.9 Å². The lowest BCUT2D eigenvalue weighted by Crippen LogP contribution is -2.03. The molecule has 0 heterocycles. The summed E-state index contributed by atoms with van der Waals surface area (Å²) in [7, 11) is 0. The van der Waals surface area contributed by atoms with E-state index in [1.807, 2.05) is 84.9 Å². The highest BCUT2D eigenvalue weighted by atomic mass is 16.3. The van der Waals surface area contributed by atoms with Crippen LogP contribution in [0.1, 0.15) is 34.5 Å². The largest absolute Gasteiger partial charge is 0.384 e. The number of hydrogen-bond acceptors (Lipinski definition) is 2. The predicted octanol–water partition coefficient (Wildman–Crippen LogP) is 4.98. The number of rotatable bonds is 0. The van der Waals surface area contributed by atoms with Gasteiger partial charge >= 0.3 is 0 Å². The first-order valence-corrected chi connectivity index (χ1v) is 8.81. The highest BCUT2D eigenvalue weighted by Gasteiger charge is 2.26. The summed E-state index contributed by atoms with van der Waals surface area (Å²) in [5.74, 6) is 0. The van der Waals surface area contributed by atoms with Crippen LogP contribution in [0.4, 0.5) is 0 Å². The summed E-state index contributed by atoms with van der Waals surface area (Å²) in [4.78, 5) is 0. The van der Waals surface area contributed by atoms with E-state index in [1.165, 1.54) is 0 Å².